The van der Waals surface area contributed by atoms with Crippen LogP contribution in [0.25, 0.3) is 0 Å². The summed E-state index contributed by atoms with van der Waals surface area (Å²) in [6.07, 6.45) is 8.70. The van der Waals surface area contributed by atoms with Gasteiger partial charge in [-0.25, -0.2) is 4.79 Å². The van der Waals surface area contributed by atoms with Crippen molar-refractivity contribution in [3.63, 3.8) is 0 Å². The van der Waals surface area contributed by atoms with Gasteiger partial charge in [0.05, 0.1) is 0 Å². The molecule has 4 nitrogen and oxygen atoms in total. The van der Waals surface area contributed by atoms with Crippen molar-refractivity contribution in [2.45, 2.75) is 63.5 Å². The van der Waals surface area contributed by atoms with Crippen molar-refractivity contribution in [3.05, 3.63) is 0 Å². The Labute approximate surface area is 115 Å². The minimum absolute atomic E-state index is 0.0163. The number of carbonyl (C=O) groups is 1. The van der Waals surface area contributed by atoms with Crippen LogP contribution in [0.5, 0.6) is 0 Å². The number of hydrogen-bond acceptors (Lipinski definition) is 2. The van der Waals surface area contributed by atoms with Crippen LogP contribution in [-0.4, -0.2) is 24.2 Å². The van der Waals surface area contributed by atoms with Gasteiger partial charge in [-0.15, -0.1) is 0 Å². The van der Waals surface area contributed by atoms with Crippen LogP contribution in [0.2, 0.25) is 0 Å². The van der Waals surface area contributed by atoms with Gasteiger partial charge in [-0.2, -0.15) is 0 Å². The van der Waals surface area contributed by atoms with E-state index < -0.39 is 0 Å². The molecule has 2 amide bonds. The van der Waals surface area contributed by atoms with Gasteiger partial charge in [0.25, 0.3) is 0 Å². The van der Waals surface area contributed by atoms with Crippen molar-refractivity contribution >= 4 is 6.03 Å². The fourth-order valence-corrected chi connectivity index (χ4v) is 4.96. The van der Waals surface area contributed by atoms with Crippen LogP contribution in [0.15, 0.2) is 0 Å². The molecule has 4 aliphatic carbocycles. The molecule has 4 heteroatoms. The van der Waals surface area contributed by atoms with E-state index in [0.717, 1.165) is 24.2 Å². The topological polar surface area (TPSA) is 67.1 Å². The van der Waals surface area contributed by atoms with Gasteiger partial charge in [0.15, 0.2) is 0 Å². The fraction of sp³-hybridized carbons (Fsp3) is 0.933. The molecule has 0 aliphatic heterocycles. The minimum Gasteiger partial charge on any atom is -0.338 e. The molecule has 0 aromatic heterocycles. The average Bonchev–Trinajstić information content (AvgIpc) is 2.25. The van der Waals surface area contributed by atoms with E-state index in [1.165, 1.54) is 38.5 Å². The highest BCUT2D eigenvalue weighted by Crippen LogP contribution is 2.55. The van der Waals surface area contributed by atoms with E-state index in [1.54, 1.807) is 0 Å². The van der Waals surface area contributed by atoms with Crippen LogP contribution in [0, 0.1) is 17.8 Å². The van der Waals surface area contributed by atoms with E-state index in [1.807, 2.05) is 6.92 Å². The van der Waals surface area contributed by atoms with E-state index in [4.69, 9.17) is 5.73 Å². The van der Waals surface area contributed by atoms with E-state index in [9.17, 15) is 4.79 Å². The van der Waals surface area contributed by atoms with Gasteiger partial charge in [0.1, 0.15) is 0 Å². The summed E-state index contributed by atoms with van der Waals surface area (Å²) in [7, 11) is 0. The molecule has 0 aromatic rings. The first-order valence-electron chi connectivity index (χ1n) is 7.86. The van der Waals surface area contributed by atoms with Crippen molar-refractivity contribution in [2.75, 3.05) is 6.54 Å². The molecule has 19 heavy (non-hydrogen) atoms. The summed E-state index contributed by atoms with van der Waals surface area (Å²) in [6.45, 7) is 2.65. The molecule has 1 unspecified atom stereocenters. The molecule has 0 aromatic carbocycles. The second-order valence-corrected chi connectivity index (χ2v) is 7.34. The Morgan fingerprint density at radius 2 is 1.74 bits per heavy atom. The average molecular weight is 265 g/mol. The maximum Gasteiger partial charge on any atom is 0.315 e. The number of rotatable bonds is 4. The molecule has 4 aliphatic rings. The van der Waals surface area contributed by atoms with Crippen LogP contribution in [0.3, 0.4) is 0 Å². The van der Waals surface area contributed by atoms with Crippen molar-refractivity contribution in [2.24, 2.45) is 23.5 Å². The summed E-state index contributed by atoms with van der Waals surface area (Å²) >= 11 is 0. The summed E-state index contributed by atoms with van der Waals surface area (Å²) in [5, 5.41) is 6.27. The summed E-state index contributed by atoms with van der Waals surface area (Å²) in [5.74, 6) is 2.61. The second kappa shape index (κ2) is 4.97. The molecule has 0 spiro atoms. The highest BCUT2D eigenvalue weighted by molar-refractivity contribution is 5.74. The van der Waals surface area contributed by atoms with Crippen molar-refractivity contribution < 1.29 is 4.79 Å². The lowest BCUT2D eigenvalue weighted by Crippen LogP contribution is -2.61. The third-order valence-corrected chi connectivity index (χ3v) is 5.30. The van der Waals surface area contributed by atoms with E-state index in [0.29, 0.717) is 6.54 Å². The smallest absolute Gasteiger partial charge is 0.315 e. The van der Waals surface area contributed by atoms with Crippen LogP contribution < -0.4 is 16.4 Å². The zero-order valence-corrected chi connectivity index (χ0v) is 12.0. The number of hydrogen-bond donors (Lipinski definition) is 3. The highest BCUT2D eigenvalue weighted by atomic mass is 16.2. The van der Waals surface area contributed by atoms with Gasteiger partial charge in [0.2, 0.25) is 0 Å². The summed E-state index contributed by atoms with van der Waals surface area (Å²) in [4.78, 5) is 12.0. The SMILES string of the molecule is CC(N)CCNC(=O)NC12CC3CC(CC(C3)C1)C2. The van der Waals surface area contributed by atoms with Gasteiger partial charge in [0, 0.05) is 18.1 Å². The Morgan fingerprint density at radius 1 is 1.21 bits per heavy atom. The number of carbonyl (C=O) groups excluding carboxylic acids is 1. The predicted molar refractivity (Wildman–Crippen MR) is 75.7 cm³/mol. The van der Waals surface area contributed by atoms with E-state index in [2.05, 4.69) is 10.6 Å². The first-order chi connectivity index (χ1) is 9.05. The molecule has 0 radical (unpaired) electrons. The number of amides is 2. The molecule has 4 fully saturated rings. The van der Waals surface area contributed by atoms with Crippen molar-refractivity contribution in [3.8, 4) is 0 Å². The van der Waals surface area contributed by atoms with Crippen LogP contribution in [0.1, 0.15) is 51.9 Å². The van der Waals surface area contributed by atoms with Crippen LogP contribution in [-0.2, 0) is 0 Å². The quantitative estimate of drug-likeness (QED) is 0.727. The molecule has 4 saturated carbocycles. The van der Waals surface area contributed by atoms with Crippen LogP contribution in [0.4, 0.5) is 4.79 Å². The van der Waals surface area contributed by atoms with Gasteiger partial charge in [-0.3, -0.25) is 0 Å². The molecule has 0 heterocycles. The molecule has 0 saturated heterocycles. The molecule has 4 bridgehead atoms. The standard InChI is InChI=1S/C15H27N3O/c1-10(16)2-3-17-14(19)18-15-7-11-4-12(8-15)6-13(5-11)9-15/h10-13H,2-9,16H2,1H3,(H2,17,18,19). The number of nitrogens with one attached hydrogen (secondary N) is 2. The lowest BCUT2D eigenvalue weighted by molar-refractivity contribution is -0.0135. The predicted octanol–water partition coefficient (Wildman–Crippen LogP) is 1.99. The molecule has 108 valence electrons. The Balaban J connectivity index is 1.53. The summed E-state index contributed by atoms with van der Waals surface area (Å²) < 4.78 is 0. The lowest BCUT2D eigenvalue weighted by atomic mass is 9.53. The summed E-state index contributed by atoms with van der Waals surface area (Å²) in [5.41, 5.74) is 5.81. The minimum atomic E-state index is 0.0163. The molecule has 4 rings (SSSR count). The Kier molecular flexibility index (Phi) is 3.46. The number of nitrogens with two attached hydrogens (primary N) is 1. The Bertz CT molecular complexity index is 318. The van der Waals surface area contributed by atoms with Gasteiger partial charge in [-0.1, -0.05) is 0 Å². The van der Waals surface area contributed by atoms with Gasteiger partial charge >= 0.3 is 6.03 Å². The third-order valence-electron chi connectivity index (χ3n) is 5.30. The molecular weight excluding hydrogens is 238 g/mol. The largest absolute Gasteiger partial charge is 0.338 e. The van der Waals surface area contributed by atoms with Crippen molar-refractivity contribution in [1.82, 2.24) is 10.6 Å². The zero-order chi connectivity index (χ0) is 13.5. The lowest BCUT2D eigenvalue weighted by Gasteiger charge is -2.56. The molecule has 4 N–H and O–H groups in total. The van der Waals surface area contributed by atoms with Gasteiger partial charge in [-0.05, 0) is 69.6 Å². The summed E-state index contributed by atoms with van der Waals surface area (Å²) in [6, 6.07) is 0.169. The fourth-order valence-electron chi connectivity index (χ4n) is 4.96. The first kappa shape index (κ1) is 13.2. The monoisotopic (exact) mass is 265 g/mol. The maximum atomic E-state index is 12.0. The third kappa shape index (κ3) is 2.88. The Hall–Kier alpha value is -0.770. The van der Waals surface area contributed by atoms with Crippen LogP contribution >= 0.6 is 0 Å². The van der Waals surface area contributed by atoms with Crippen molar-refractivity contribution in [1.29, 1.82) is 0 Å². The van der Waals surface area contributed by atoms with E-state index >= 15 is 0 Å². The molecular formula is C15H27N3O. The highest BCUT2D eigenvalue weighted by Gasteiger charge is 2.51. The van der Waals surface area contributed by atoms with E-state index in [-0.39, 0.29) is 17.6 Å². The number of urea groups is 1. The van der Waals surface area contributed by atoms with Gasteiger partial charge < -0.3 is 16.4 Å². The molecule has 1 atom stereocenters. The second-order valence-electron chi connectivity index (χ2n) is 7.34. The first-order valence-corrected chi connectivity index (χ1v) is 7.86. The zero-order valence-electron chi connectivity index (χ0n) is 12.0. The normalized spacial score (nSPS) is 41.1. The maximum absolute atomic E-state index is 12.0. The Morgan fingerprint density at radius 3 is 2.21 bits per heavy atom.